The first kappa shape index (κ1) is 11.9. The zero-order valence-corrected chi connectivity index (χ0v) is 10.4. The maximum absolute atomic E-state index is 7.36. The molecule has 2 rings (SSSR count). The van der Waals surface area contributed by atoms with Crippen LogP contribution in [0.4, 0.5) is 5.69 Å². The fourth-order valence-electron chi connectivity index (χ4n) is 2.09. The predicted octanol–water partition coefficient (Wildman–Crippen LogP) is 1.59. The highest BCUT2D eigenvalue weighted by Crippen LogP contribution is 2.23. The van der Waals surface area contributed by atoms with E-state index in [9.17, 15) is 0 Å². The highest BCUT2D eigenvalue weighted by molar-refractivity contribution is 5.95. The molecule has 0 radical (unpaired) electrons. The van der Waals surface area contributed by atoms with Crippen LogP contribution in [0.25, 0.3) is 0 Å². The van der Waals surface area contributed by atoms with Gasteiger partial charge in [-0.3, -0.25) is 5.41 Å². The second-order valence-corrected chi connectivity index (χ2v) is 4.99. The van der Waals surface area contributed by atoms with Gasteiger partial charge >= 0.3 is 0 Å². The van der Waals surface area contributed by atoms with Gasteiger partial charge in [0.25, 0.3) is 0 Å². The van der Waals surface area contributed by atoms with Gasteiger partial charge in [0, 0.05) is 24.3 Å². The standard InChI is InChI=1S/C13H19N3O/c1-13(2)9-16(7-8-17-13)11-5-3-10(4-6-11)12(14)15/h3-6H,7-9H2,1-2H3,(H3,14,15). The number of nitrogens with two attached hydrogens (primary N) is 1. The first-order valence-corrected chi connectivity index (χ1v) is 5.81. The Morgan fingerprint density at radius 2 is 2.00 bits per heavy atom. The Hall–Kier alpha value is -1.55. The second-order valence-electron chi connectivity index (χ2n) is 4.99. The van der Waals surface area contributed by atoms with Crippen molar-refractivity contribution < 1.29 is 4.74 Å². The predicted molar refractivity (Wildman–Crippen MR) is 69.7 cm³/mol. The van der Waals surface area contributed by atoms with Crippen LogP contribution in [0, 0.1) is 5.41 Å². The zero-order chi connectivity index (χ0) is 12.5. The molecule has 1 fully saturated rings. The third-order valence-corrected chi connectivity index (χ3v) is 2.97. The van der Waals surface area contributed by atoms with Gasteiger partial charge in [-0.15, -0.1) is 0 Å². The average molecular weight is 233 g/mol. The summed E-state index contributed by atoms with van der Waals surface area (Å²) < 4.78 is 5.68. The number of rotatable bonds is 2. The number of benzene rings is 1. The molecule has 1 aliphatic rings. The quantitative estimate of drug-likeness (QED) is 0.602. The number of ether oxygens (including phenoxy) is 1. The summed E-state index contributed by atoms with van der Waals surface area (Å²) in [6.07, 6.45) is 0. The first-order chi connectivity index (χ1) is 7.98. The zero-order valence-electron chi connectivity index (χ0n) is 10.4. The average Bonchev–Trinajstić information content (AvgIpc) is 2.28. The molecular weight excluding hydrogens is 214 g/mol. The molecule has 0 saturated carbocycles. The van der Waals surface area contributed by atoms with Crippen molar-refractivity contribution in [1.29, 1.82) is 5.41 Å². The highest BCUT2D eigenvalue weighted by Gasteiger charge is 2.27. The minimum Gasteiger partial charge on any atom is -0.384 e. The molecule has 1 aromatic rings. The van der Waals surface area contributed by atoms with Crippen molar-refractivity contribution in [2.75, 3.05) is 24.6 Å². The summed E-state index contributed by atoms with van der Waals surface area (Å²) in [6, 6.07) is 7.80. The molecule has 0 aliphatic carbocycles. The Labute approximate surface area is 102 Å². The molecule has 1 aliphatic heterocycles. The third kappa shape index (κ3) is 2.77. The van der Waals surface area contributed by atoms with Gasteiger partial charge in [-0.05, 0) is 38.1 Å². The van der Waals surface area contributed by atoms with Gasteiger partial charge in [-0.2, -0.15) is 0 Å². The van der Waals surface area contributed by atoms with Gasteiger partial charge in [0.2, 0.25) is 0 Å². The van der Waals surface area contributed by atoms with E-state index < -0.39 is 0 Å². The smallest absolute Gasteiger partial charge is 0.122 e. The minimum atomic E-state index is -0.0997. The van der Waals surface area contributed by atoms with Crippen LogP contribution in [0.2, 0.25) is 0 Å². The molecule has 0 aromatic heterocycles. The van der Waals surface area contributed by atoms with E-state index in [0.29, 0.717) is 0 Å². The van der Waals surface area contributed by atoms with Crippen molar-refractivity contribution in [2.45, 2.75) is 19.4 Å². The van der Waals surface area contributed by atoms with Crippen molar-refractivity contribution in [1.82, 2.24) is 0 Å². The van der Waals surface area contributed by atoms with Gasteiger partial charge in [0.05, 0.1) is 12.2 Å². The molecular formula is C13H19N3O. The fourth-order valence-corrected chi connectivity index (χ4v) is 2.09. The van der Waals surface area contributed by atoms with Crippen molar-refractivity contribution in [3.8, 4) is 0 Å². The molecule has 0 bridgehead atoms. The topological polar surface area (TPSA) is 62.3 Å². The summed E-state index contributed by atoms with van der Waals surface area (Å²) in [6.45, 7) is 6.74. The maximum Gasteiger partial charge on any atom is 0.122 e. The monoisotopic (exact) mass is 233 g/mol. The number of hydrogen-bond donors (Lipinski definition) is 2. The summed E-state index contributed by atoms with van der Waals surface area (Å²) in [5.41, 5.74) is 7.26. The molecule has 4 heteroatoms. The molecule has 1 heterocycles. The molecule has 1 aromatic carbocycles. The van der Waals surface area contributed by atoms with E-state index in [1.165, 1.54) is 0 Å². The van der Waals surface area contributed by atoms with Crippen molar-refractivity contribution >= 4 is 11.5 Å². The maximum atomic E-state index is 7.36. The number of amidine groups is 1. The lowest BCUT2D eigenvalue weighted by Crippen LogP contribution is -2.48. The van der Waals surface area contributed by atoms with Crippen LogP contribution >= 0.6 is 0 Å². The van der Waals surface area contributed by atoms with E-state index in [1.54, 1.807) is 0 Å². The van der Waals surface area contributed by atoms with Crippen molar-refractivity contribution in [3.63, 3.8) is 0 Å². The van der Waals surface area contributed by atoms with Gasteiger partial charge < -0.3 is 15.4 Å². The lowest BCUT2D eigenvalue weighted by molar-refractivity contribution is -0.0276. The molecule has 92 valence electrons. The Kier molecular flexibility index (Phi) is 3.07. The van der Waals surface area contributed by atoms with E-state index in [4.69, 9.17) is 15.9 Å². The van der Waals surface area contributed by atoms with E-state index in [1.807, 2.05) is 24.3 Å². The minimum absolute atomic E-state index is 0.0997. The summed E-state index contributed by atoms with van der Waals surface area (Å²) in [5, 5.41) is 7.36. The molecule has 17 heavy (non-hydrogen) atoms. The molecule has 0 amide bonds. The van der Waals surface area contributed by atoms with Gasteiger partial charge in [0.1, 0.15) is 5.84 Å². The normalized spacial score (nSPS) is 19.1. The number of nitrogens with one attached hydrogen (secondary N) is 1. The lowest BCUT2D eigenvalue weighted by Gasteiger charge is -2.39. The number of anilines is 1. The van der Waals surface area contributed by atoms with Crippen molar-refractivity contribution in [2.24, 2.45) is 5.73 Å². The number of morpholine rings is 1. The number of nitrogen functional groups attached to an aromatic ring is 1. The van der Waals surface area contributed by atoms with Crippen molar-refractivity contribution in [3.05, 3.63) is 29.8 Å². The molecule has 1 saturated heterocycles. The van der Waals surface area contributed by atoms with Crippen LogP contribution in [0.3, 0.4) is 0 Å². The number of nitrogens with zero attached hydrogens (tertiary/aromatic N) is 1. The second kappa shape index (κ2) is 4.37. The lowest BCUT2D eigenvalue weighted by atomic mass is 10.1. The Morgan fingerprint density at radius 3 is 2.53 bits per heavy atom. The highest BCUT2D eigenvalue weighted by atomic mass is 16.5. The van der Waals surface area contributed by atoms with Gasteiger partial charge in [-0.25, -0.2) is 0 Å². The largest absolute Gasteiger partial charge is 0.384 e. The van der Waals surface area contributed by atoms with Crippen LogP contribution in [0.15, 0.2) is 24.3 Å². The van der Waals surface area contributed by atoms with Crippen LogP contribution in [-0.2, 0) is 4.74 Å². The Balaban J connectivity index is 2.14. The van der Waals surface area contributed by atoms with Gasteiger partial charge in [0.15, 0.2) is 0 Å². The summed E-state index contributed by atoms with van der Waals surface area (Å²) in [4.78, 5) is 2.30. The molecule has 4 nitrogen and oxygen atoms in total. The number of hydrogen-bond acceptors (Lipinski definition) is 3. The summed E-state index contributed by atoms with van der Waals surface area (Å²) >= 11 is 0. The van der Waals surface area contributed by atoms with E-state index in [0.717, 1.165) is 30.9 Å². The molecule has 0 atom stereocenters. The van der Waals surface area contributed by atoms with Crippen LogP contribution in [-0.4, -0.2) is 31.1 Å². The van der Waals surface area contributed by atoms with Crippen LogP contribution < -0.4 is 10.6 Å². The first-order valence-electron chi connectivity index (χ1n) is 5.81. The molecule has 0 spiro atoms. The Morgan fingerprint density at radius 1 is 1.35 bits per heavy atom. The summed E-state index contributed by atoms with van der Waals surface area (Å²) in [5.74, 6) is 0.110. The molecule has 3 N–H and O–H groups in total. The van der Waals surface area contributed by atoms with E-state index in [-0.39, 0.29) is 11.4 Å². The van der Waals surface area contributed by atoms with Gasteiger partial charge in [-0.1, -0.05) is 0 Å². The van der Waals surface area contributed by atoms with E-state index >= 15 is 0 Å². The van der Waals surface area contributed by atoms with E-state index in [2.05, 4.69) is 18.7 Å². The Bertz CT molecular complexity index is 411. The van der Waals surface area contributed by atoms with Crippen LogP contribution in [0.1, 0.15) is 19.4 Å². The SMILES string of the molecule is CC1(C)CN(c2ccc(C(=N)N)cc2)CCO1. The fraction of sp³-hybridized carbons (Fsp3) is 0.462. The summed E-state index contributed by atoms with van der Waals surface area (Å²) in [7, 11) is 0. The molecule has 0 unspecified atom stereocenters. The van der Waals surface area contributed by atoms with Crippen LogP contribution in [0.5, 0.6) is 0 Å². The third-order valence-electron chi connectivity index (χ3n) is 2.97.